The summed E-state index contributed by atoms with van der Waals surface area (Å²) in [6.07, 6.45) is 0. The van der Waals surface area contributed by atoms with Gasteiger partial charge < -0.3 is 14.5 Å². The Morgan fingerprint density at radius 1 is 1.19 bits per heavy atom. The lowest BCUT2D eigenvalue weighted by Crippen LogP contribution is -2.30. The van der Waals surface area contributed by atoms with Gasteiger partial charge in [0.05, 0.1) is 6.04 Å². The van der Waals surface area contributed by atoms with Crippen LogP contribution in [0.4, 0.5) is 4.39 Å². The van der Waals surface area contributed by atoms with Crippen LogP contribution in [-0.2, 0) is 6.61 Å². The molecule has 1 aromatic carbocycles. The molecule has 136 valence electrons. The molecule has 3 aromatic rings. The highest BCUT2D eigenvalue weighted by Gasteiger charge is 2.21. The number of ether oxygens (including phenoxy) is 1. The van der Waals surface area contributed by atoms with Gasteiger partial charge in [-0.3, -0.25) is 4.79 Å². The van der Waals surface area contributed by atoms with E-state index in [1.165, 1.54) is 12.1 Å². The summed E-state index contributed by atoms with van der Waals surface area (Å²) in [7, 11) is 0. The Hall–Kier alpha value is -2.60. The number of halogens is 1. The van der Waals surface area contributed by atoms with E-state index in [1.54, 1.807) is 35.6 Å². The molecule has 2 heterocycles. The molecule has 1 unspecified atom stereocenters. The van der Waals surface area contributed by atoms with Crippen molar-refractivity contribution >= 4 is 17.2 Å². The van der Waals surface area contributed by atoms with Crippen LogP contribution in [0.15, 0.2) is 58.3 Å². The summed E-state index contributed by atoms with van der Waals surface area (Å²) in [5.74, 6) is 0.978. The minimum Gasteiger partial charge on any atom is -0.486 e. The maximum absolute atomic E-state index is 12.9. The summed E-state index contributed by atoms with van der Waals surface area (Å²) in [5.41, 5.74) is 0. The van der Waals surface area contributed by atoms with Crippen molar-refractivity contribution in [2.75, 3.05) is 0 Å². The van der Waals surface area contributed by atoms with Gasteiger partial charge >= 0.3 is 0 Å². The van der Waals surface area contributed by atoms with Crippen LogP contribution in [0.2, 0.25) is 0 Å². The number of nitrogens with one attached hydrogen (secondary N) is 1. The average molecular weight is 373 g/mol. The van der Waals surface area contributed by atoms with Crippen molar-refractivity contribution in [2.45, 2.75) is 26.5 Å². The van der Waals surface area contributed by atoms with Crippen molar-refractivity contribution in [1.29, 1.82) is 0 Å². The number of rotatable bonds is 7. The molecule has 0 saturated carbocycles. The minimum absolute atomic E-state index is 0.0634. The largest absolute Gasteiger partial charge is 0.486 e. The van der Waals surface area contributed by atoms with Crippen LogP contribution >= 0.6 is 11.3 Å². The monoisotopic (exact) mass is 373 g/mol. The van der Waals surface area contributed by atoms with Crippen molar-refractivity contribution in [3.05, 3.63) is 76.1 Å². The van der Waals surface area contributed by atoms with Crippen LogP contribution in [0.25, 0.3) is 0 Å². The molecule has 0 bridgehead atoms. The summed E-state index contributed by atoms with van der Waals surface area (Å²) in [5, 5.41) is 5.02. The van der Waals surface area contributed by atoms with E-state index >= 15 is 0 Å². The van der Waals surface area contributed by atoms with Crippen LogP contribution in [0.5, 0.6) is 5.75 Å². The molecule has 26 heavy (non-hydrogen) atoms. The summed E-state index contributed by atoms with van der Waals surface area (Å²) < 4.78 is 24.0. The topological polar surface area (TPSA) is 51.5 Å². The average Bonchev–Trinajstić information content (AvgIpc) is 3.30. The Labute approximate surface area is 155 Å². The van der Waals surface area contributed by atoms with Crippen LogP contribution in [0.3, 0.4) is 0 Å². The number of benzene rings is 1. The van der Waals surface area contributed by atoms with E-state index in [4.69, 9.17) is 9.15 Å². The molecule has 0 saturated heterocycles. The molecule has 3 rings (SSSR count). The number of thiophene rings is 1. The molecular formula is C20H20FNO3S. The third-order valence-electron chi connectivity index (χ3n) is 3.88. The standard InChI is InChI=1S/C20H20FNO3S/c1-13(2)19(18-4-3-11-26-18)22-20(23)17-10-9-16(25-17)12-24-15-7-5-14(21)6-8-15/h3-11,13,19H,12H2,1-2H3,(H,22,23). The lowest BCUT2D eigenvalue weighted by atomic mass is 10.0. The van der Waals surface area contributed by atoms with Crippen molar-refractivity contribution in [1.82, 2.24) is 5.32 Å². The van der Waals surface area contributed by atoms with E-state index in [2.05, 4.69) is 19.2 Å². The zero-order chi connectivity index (χ0) is 18.5. The normalized spacial score (nSPS) is 12.2. The zero-order valence-corrected chi connectivity index (χ0v) is 15.4. The van der Waals surface area contributed by atoms with Crippen LogP contribution in [-0.4, -0.2) is 5.91 Å². The Morgan fingerprint density at radius 2 is 1.96 bits per heavy atom. The van der Waals surface area contributed by atoms with Gasteiger partial charge in [-0.1, -0.05) is 19.9 Å². The van der Waals surface area contributed by atoms with Gasteiger partial charge in [0, 0.05) is 4.88 Å². The maximum Gasteiger partial charge on any atom is 0.287 e. The van der Waals surface area contributed by atoms with Crippen molar-refractivity contribution in [3.63, 3.8) is 0 Å². The van der Waals surface area contributed by atoms with Gasteiger partial charge in [0.2, 0.25) is 0 Å². The number of hydrogen-bond acceptors (Lipinski definition) is 4. The minimum atomic E-state index is -0.320. The smallest absolute Gasteiger partial charge is 0.287 e. The quantitative estimate of drug-likeness (QED) is 0.620. The fourth-order valence-corrected chi connectivity index (χ4v) is 3.46. The predicted octanol–water partition coefficient (Wildman–Crippen LogP) is 5.19. The van der Waals surface area contributed by atoms with Gasteiger partial charge in [-0.15, -0.1) is 11.3 Å². The Balaban J connectivity index is 1.61. The fraction of sp³-hybridized carbons (Fsp3) is 0.250. The molecule has 0 radical (unpaired) electrons. The first-order chi connectivity index (χ1) is 12.5. The van der Waals surface area contributed by atoms with E-state index in [0.717, 1.165) is 4.88 Å². The molecule has 1 amide bonds. The Bertz CT molecular complexity index is 840. The van der Waals surface area contributed by atoms with Gasteiger partial charge in [0.1, 0.15) is 23.9 Å². The second-order valence-electron chi connectivity index (χ2n) is 6.22. The van der Waals surface area contributed by atoms with E-state index < -0.39 is 0 Å². The highest BCUT2D eigenvalue weighted by atomic mass is 32.1. The van der Waals surface area contributed by atoms with Gasteiger partial charge in [-0.25, -0.2) is 4.39 Å². The molecule has 6 heteroatoms. The predicted molar refractivity (Wildman–Crippen MR) is 98.8 cm³/mol. The fourth-order valence-electron chi connectivity index (χ4n) is 2.51. The molecule has 0 spiro atoms. The number of carbonyl (C=O) groups is 1. The van der Waals surface area contributed by atoms with E-state index in [-0.39, 0.29) is 36.1 Å². The first kappa shape index (κ1) is 18.2. The molecule has 1 N–H and O–H groups in total. The molecule has 0 aliphatic heterocycles. The lowest BCUT2D eigenvalue weighted by molar-refractivity contribution is 0.0894. The molecule has 0 fully saturated rings. The molecule has 0 aliphatic carbocycles. The molecular weight excluding hydrogens is 353 g/mol. The molecule has 0 aliphatic rings. The highest BCUT2D eigenvalue weighted by molar-refractivity contribution is 7.10. The van der Waals surface area contributed by atoms with Gasteiger partial charge in [0.15, 0.2) is 5.76 Å². The van der Waals surface area contributed by atoms with Gasteiger partial charge in [-0.2, -0.15) is 0 Å². The number of furan rings is 1. The van der Waals surface area contributed by atoms with Gasteiger partial charge in [-0.05, 0) is 53.8 Å². The third kappa shape index (κ3) is 4.52. The summed E-state index contributed by atoms with van der Waals surface area (Å²) >= 11 is 1.62. The second kappa shape index (κ2) is 8.19. The van der Waals surface area contributed by atoms with Crippen molar-refractivity contribution in [2.24, 2.45) is 5.92 Å². The first-order valence-electron chi connectivity index (χ1n) is 8.34. The third-order valence-corrected chi connectivity index (χ3v) is 4.84. The zero-order valence-electron chi connectivity index (χ0n) is 14.6. The molecule has 1 atom stereocenters. The summed E-state index contributed by atoms with van der Waals surface area (Å²) in [4.78, 5) is 13.6. The second-order valence-corrected chi connectivity index (χ2v) is 7.20. The van der Waals surface area contributed by atoms with Gasteiger partial charge in [0.25, 0.3) is 5.91 Å². The first-order valence-corrected chi connectivity index (χ1v) is 9.22. The number of amides is 1. The molecule has 2 aromatic heterocycles. The lowest BCUT2D eigenvalue weighted by Gasteiger charge is -2.20. The number of carbonyl (C=O) groups excluding carboxylic acids is 1. The van der Waals surface area contributed by atoms with E-state index in [1.807, 2.05) is 17.5 Å². The van der Waals surface area contributed by atoms with E-state index in [0.29, 0.717) is 11.5 Å². The Kier molecular flexibility index (Phi) is 5.73. The Morgan fingerprint density at radius 3 is 2.62 bits per heavy atom. The van der Waals surface area contributed by atoms with E-state index in [9.17, 15) is 9.18 Å². The van der Waals surface area contributed by atoms with Crippen molar-refractivity contribution < 1.29 is 18.3 Å². The summed E-state index contributed by atoms with van der Waals surface area (Å²) in [6, 6.07) is 13.0. The number of hydrogen-bond donors (Lipinski definition) is 1. The maximum atomic E-state index is 12.9. The van der Waals surface area contributed by atoms with Crippen LogP contribution in [0, 0.1) is 11.7 Å². The summed E-state index contributed by atoms with van der Waals surface area (Å²) in [6.45, 7) is 4.29. The van der Waals surface area contributed by atoms with Crippen LogP contribution < -0.4 is 10.1 Å². The molecule has 4 nitrogen and oxygen atoms in total. The SMILES string of the molecule is CC(C)C(NC(=O)c1ccc(COc2ccc(F)cc2)o1)c1cccs1. The van der Waals surface area contributed by atoms with Crippen LogP contribution in [0.1, 0.15) is 41.1 Å². The highest BCUT2D eigenvalue weighted by Crippen LogP contribution is 2.26. The van der Waals surface area contributed by atoms with Crippen molar-refractivity contribution in [3.8, 4) is 5.75 Å².